The zero-order chi connectivity index (χ0) is 18.9. The van der Waals surface area contributed by atoms with E-state index in [0.717, 1.165) is 23.3 Å². The number of benzene rings is 1. The highest BCUT2D eigenvalue weighted by atomic mass is 16.2. The van der Waals surface area contributed by atoms with Crippen LogP contribution in [0.4, 0.5) is 4.79 Å². The third kappa shape index (κ3) is 3.34. The van der Waals surface area contributed by atoms with Crippen LogP contribution in [0.15, 0.2) is 24.3 Å². The lowest BCUT2D eigenvalue weighted by atomic mass is 9.98. The number of ketones is 1. The molecule has 138 valence electrons. The van der Waals surface area contributed by atoms with Gasteiger partial charge in [-0.15, -0.1) is 0 Å². The van der Waals surface area contributed by atoms with Crippen LogP contribution in [0.1, 0.15) is 61.5 Å². The van der Waals surface area contributed by atoms with E-state index in [1.807, 2.05) is 6.92 Å². The number of imide groups is 1. The van der Waals surface area contributed by atoms with Gasteiger partial charge >= 0.3 is 6.03 Å². The number of hydrogen-bond acceptors (Lipinski definition) is 4. The number of carbonyl (C=O) groups excluding carboxylic acids is 4. The zero-order valence-corrected chi connectivity index (χ0v) is 15.0. The average molecular weight is 357 g/mol. The quantitative estimate of drug-likeness (QED) is 0.622. The van der Waals surface area contributed by atoms with Crippen LogP contribution in [0.3, 0.4) is 0 Å². The standard InChI is InChI=1S/C19H23N3O4/c1-12(20-13(2)23)14-5-7-15(8-6-14)16(24)11-22-17(25)19(21-18(22)26)9-3-4-10-19/h5-8,12H,3-4,9-11H2,1-2H3,(H,20,23)(H,21,26)/t12-/m1/s1. The summed E-state index contributed by atoms with van der Waals surface area (Å²) in [4.78, 5) is 49.4. The predicted molar refractivity (Wildman–Crippen MR) is 94.4 cm³/mol. The number of amides is 4. The molecular formula is C19H23N3O4. The van der Waals surface area contributed by atoms with E-state index in [9.17, 15) is 19.2 Å². The Balaban J connectivity index is 1.67. The normalized spacial score (nSPS) is 19.5. The third-order valence-electron chi connectivity index (χ3n) is 5.16. The summed E-state index contributed by atoms with van der Waals surface area (Å²) >= 11 is 0. The number of urea groups is 1. The molecule has 1 atom stereocenters. The highest BCUT2D eigenvalue weighted by molar-refractivity contribution is 6.11. The van der Waals surface area contributed by atoms with E-state index in [0.29, 0.717) is 18.4 Å². The molecule has 2 aliphatic rings. The lowest BCUT2D eigenvalue weighted by Gasteiger charge is -2.19. The van der Waals surface area contributed by atoms with Crippen LogP contribution in [0.5, 0.6) is 0 Å². The van der Waals surface area contributed by atoms with E-state index in [2.05, 4.69) is 10.6 Å². The number of hydrogen-bond donors (Lipinski definition) is 2. The first-order chi connectivity index (χ1) is 12.3. The molecule has 7 nitrogen and oxygen atoms in total. The Morgan fingerprint density at radius 3 is 2.38 bits per heavy atom. The maximum absolute atomic E-state index is 12.6. The second kappa shape index (κ2) is 6.90. The monoisotopic (exact) mass is 357 g/mol. The molecule has 0 unspecified atom stereocenters. The van der Waals surface area contributed by atoms with Crippen LogP contribution in [-0.4, -0.2) is 40.6 Å². The van der Waals surface area contributed by atoms with E-state index in [4.69, 9.17) is 0 Å². The number of nitrogens with zero attached hydrogens (tertiary/aromatic N) is 1. The fourth-order valence-electron chi connectivity index (χ4n) is 3.72. The molecule has 0 aromatic heterocycles. The minimum Gasteiger partial charge on any atom is -0.350 e. The molecule has 1 aliphatic heterocycles. The summed E-state index contributed by atoms with van der Waals surface area (Å²) in [5.41, 5.74) is 0.503. The van der Waals surface area contributed by atoms with E-state index < -0.39 is 11.6 Å². The molecule has 1 saturated carbocycles. The van der Waals surface area contributed by atoms with Gasteiger partial charge in [-0.2, -0.15) is 0 Å². The maximum Gasteiger partial charge on any atom is 0.325 e. The summed E-state index contributed by atoms with van der Waals surface area (Å²) < 4.78 is 0. The van der Waals surface area contributed by atoms with Gasteiger partial charge in [0.25, 0.3) is 5.91 Å². The van der Waals surface area contributed by atoms with E-state index >= 15 is 0 Å². The third-order valence-corrected chi connectivity index (χ3v) is 5.16. The van der Waals surface area contributed by atoms with Gasteiger partial charge in [0.2, 0.25) is 5.91 Å². The molecule has 4 amide bonds. The Morgan fingerprint density at radius 2 is 1.81 bits per heavy atom. The molecule has 0 bridgehead atoms. The highest BCUT2D eigenvalue weighted by Crippen LogP contribution is 2.35. The average Bonchev–Trinajstić information content (AvgIpc) is 3.15. The van der Waals surface area contributed by atoms with Crippen LogP contribution in [0, 0.1) is 0 Å². The van der Waals surface area contributed by atoms with Gasteiger partial charge in [0.15, 0.2) is 5.78 Å². The molecule has 1 spiro atoms. The molecule has 3 rings (SSSR count). The number of Topliss-reactive ketones (excluding diaryl/α,β-unsaturated/α-hetero) is 1. The topological polar surface area (TPSA) is 95.6 Å². The first kappa shape index (κ1) is 18.1. The SMILES string of the molecule is CC(=O)N[C@H](C)c1ccc(C(=O)CN2C(=O)NC3(CCCC3)C2=O)cc1. The molecule has 2 fully saturated rings. The number of nitrogens with one attached hydrogen (secondary N) is 2. The van der Waals surface area contributed by atoms with E-state index in [1.54, 1.807) is 24.3 Å². The summed E-state index contributed by atoms with van der Waals surface area (Å²) in [6.07, 6.45) is 3.08. The van der Waals surface area contributed by atoms with Crippen LogP contribution in [0.2, 0.25) is 0 Å². The lowest BCUT2D eigenvalue weighted by Crippen LogP contribution is -2.44. The van der Waals surface area contributed by atoms with Crippen molar-refractivity contribution in [1.82, 2.24) is 15.5 Å². The summed E-state index contributed by atoms with van der Waals surface area (Å²) in [5.74, 6) is -0.705. The smallest absolute Gasteiger partial charge is 0.325 e. The summed E-state index contributed by atoms with van der Waals surface area (Å²) in [5, 5.41) is 5.55. The molecule has 0 radical (unpaired) electrons. The molecule has 1 aromatic rings. The minimum atomic E-state index is -0.797. The van der Waals surface area contributed by atoms with Gasteiger partial charge in [0.1, 0.15) is 5.54 Å². The molecule has 26 heavy (non-hydrogen) atoms. The molecule has 1 aromatic carbocycles. The van der Waals surface area contributed by atoms with Gasteiger partial charge in [-0.05, 0) is 25.3 Å². The van der Waals surface area contributed by atoms with E-state index in [-0.39, 0.29) is 30.2 Å². The summed E-state index contributed by atoms with van der Waals surface area (Å²) in [6.45, 7) is 3.04. The summed E-state index contributed by atoms with van der Waals surface area (Å²) in [7, 11) is 0. The van der Waals surface area contributed by atoms with Gasteiger partial charge in [0.05, 0.1) is 12.6 Å². The second-order valence-corrected chi connectivity index (χ2v) is 7.08. The van der Waals surface area contributed by atoms with Crippen LogP contribution in [0.25, 0.3) is 0 Å². The van der Waals surface area contributed by atoms with Crippen molar-refractivity contribution in [1.29, 1.82) is 0 Å². The Labute approximate surface area is 152 Å². The molecule has 1 aliphatic carbocycles. The first-order valence-corrected chi connectivity index (χ1v) is 8.87. The maximum atomic E-state index is 12.6. The van der Waals surface area contributed by atoms with Crippen molar-refractivity contribution < 1.29 is 19.2 Å². The zero-order valence-electron chi connectivity index (χ0n) is 15.0. The fourth-order valence-corrected chi connectivity index (χ4v) is 3.72. The molecule has 1 heterocycles. The van der Waals surface area contributed by atoms with Gasteiger partial charge in [-0.1, -0.05) is 37.1 Å². The summed E-state index contributed by atoms with van der Waals surface area (Å²) in [6, 6.07) is 6.18. The lowest BCUT2D eigenvalue weighted by molar-refractivity contribution is -0.130. The van der Waals surface area contributed by atoms with Crippen molar-refractivity contribution in [3.05, 3.63) is 35.4 Å². The van der Waals surface area contributed by atoms with E-state index in [1.165, 1.54) is 6.92 Å². The molecular weight excluding hydrogens is 334 g/mol. The van der Waals surface area contributed by atoms with Crippen molar-refractivity contribution in [2.75, 3.05) is 6.54 Å². The van der Waals surface area contributed by atoms with Crippen molar-refractivity contribution in [3.8, 4) is 0 Å². The van der Waals surface area contributed by atoms with Gasteiger partial charge < -0.3 is 10.6 Å². The predicted octanol–water partition coefficient (Wildman–Crippen LogP) is 1.93. The fraction of sp³-hybridized carbons (Fsp3) is 0.474. The first-order valence-electron chi connectivity index (χ1n) is 8.87. The van der Waals surface area contributed by atoms with Crippen molar-refractivity contribution in [2.24, 2.45) is 0 Å². The Hall–Kier alpha value is -2.70. The Kier molecular flexibility index (Phi) is 4.80. The van der Waals surface area contributed by atoms with Crippen LogP contribution in [-0.2, 0) is 9.59 Å². The second-order valence-electron chi connectivity index (χ2n) is 7.08. The van der Waals surface area contributed by atoms with Crippen molar-refractivity contribution in [2.45, 2.75) is 51.1 Å². The number of carbonyl (C=O) groups is 4. The molecule has 1 saturated heterocycles. The molecule has 7 heteroatoms. The molecule has 2 N–H and O–H groups in total. The van der Waals surface area contributed by atoms with Gasteiger partial charge in [0, 0.05) is 12.5 Å². The largest absolute Gasteiger partial charge is 0.350 e. The van der Waals surface area contributed by atoms with Gasteiger partial charge in [-0.25, -0.2) is 4.79 Å². The van der Waals surface area contributed by atoms with Gasteiger partial charge in [-0.3, -0.25) is 19.3 Å². The minimum absolute atomic E-state index is 0.128. The van der Waals surface area contributed by atoms with Crippen LogP contribution < -0.4 is 10.6 Å². The number of rotatable bonds is 5. The Morgan fingerprint density at radius 1 is 1.19 bits per heavy atom. The van der Waals surface area contributed by atoms with Crippen LogP contribution >= 0.6 is 0 Å². The van der Waals surface area contributed by atoms with Crippen molar-refractivity contribution in [3.63, 3.8) is 0 Å². The van der Waals surface area contributed by atoms with Crippen molar-refractivity contribution >= 4 is 23.6 Å². The highest BCUT2D eigenvalue weighted by Gasteiger charge is 2.52. The Bertz CT molecular complexity index is 751.